The molecule has 1 aromatic heterocycles. The quantitative estimate of drug-likeness (QED) is 0.631. The second kappa shape index (κ2) is 7.68. The first-order chi connectivity index (χ1) is 11.0. The molecule has 0 aliphatic rings. The molecule has 0 saturated carbocycles. The van der Waals surface area contributed by atoms with Gasteiger partial charge < -0.3 is 14.5 Å². The van der Waals surface area contributed by atoms with Crippen LogP contribution >= 0.6 is 15.9 Å². The van der Waals surface area contributed by atoms with Gasteiger partial charge in [0.2, 0.25) is 0 Å². The molecule has 1 heterocycles. The molecule has 0 radical (unpaired) electrons. The molecule has 2 rings (SSSR count). The minimum absolute atomic E-state index is 0.0346. The molecule has 0 bridgehead atoms. The smallest absolute Gasteiger partial charge is 0.331 e. The molecule has 0 aliphatic heterocycles. The van der Waals surface area contributed by atoms with E-state index in [2.05, 4.69) is 26.0 Å². The van der Waals surface area contributed by atoms with E-state index >= 15 is 0 Å². The molecule has 0 saturated heterocycles. The SMILES string of the molecule is O=C(COC(=O)/C=C/c1ccco1)Nc1c(F)cc(F)cc1Br. The van der Waals surface area contributed by atoms with Crippen molar-refractivity contribution in [3.05, 3.63) is 58.5 Å². The summed E-state index contributed by atoms with van der Waals surface area (Å²) in [6.07, 6.45) is 3.89. The van der Waals surface area contributed by atoms with Crippen molar-refractivity contribution < 1.29 is 27.5 Å². The van der Waals surface area contributed by atoms with Crippen molar-refractivity contribution in [1.82, 2.24) is 0 Å². The van der Waals surface area contributed by atoms with E-state index in [4.69, 9.17) is 4.42 Å². The van der Waals surface area contributed by atoms with E-state index in [1.807, 2.05) is 0 Å². The lowest BCUT2D eigenvalue weighted by molar-refractivity contribution is -0.142. The van der Waals surface area contributed by atoms with E-state index in [1.54, 1.807) is 12.1 Å². The first-order valence-corrected chi connectivity index (χ1v) is 7.08. The Labute approximate surface area is 138 Å². The number of amides is 1. The summed E-state index contributed by atoms with van der Waals surface area (Å²) in [5.74, 6) is -2.83. The first kappa shape index (κ1) is 16.9. The third-order valence-corrected chi connectivity index (χ3v) is 3.17. The van der Waals surface area contributed by atoms with Crippen LogP contribution in [0.5, 0.6) is 0 Å². The largest absolute Gasteiger partial charge is 0.465 e. The van der Waals surface area contributed by atoms with Crippen LogP contribution in [0.15, 0.2) is 45.5 Å². The van der Waals surface area contributed by atoms with E-state index in [1.165, 1.54) is 12.3 Å². The fourth-order valence-electron chi connectivity index (χ4n) is 1.56. The average molecular weight is 386 g/mol. The van der Waals surface area contributed by atoms with Crippen LogP contribution in [0, 0.1) is 11.6 Å². The summed E-state index contributed by atoms with van der Waals surface area (Å²) in [6.45, 7) is -0.620. The van der Waals surface area contributed by atoms with Crippen molar-refractivity contribution >= 4 is 39.6 Å². The standard InChI is InChI=1S/C15H10BrF2NO4/c16-11-6-9(17)7-12(18)15(11)19-13(20)8-23-14(21)4-3-10-2-1-5-22-10/h1-7H,8H2,(H,19,20)/b4-3+. The zero-order valence-corrected chi connectivity index (χ0v) is 13.1. The fourth-order valence-corrected chi connectivity index (χ4v) is 2.07. The number of nitrogens with one attached hydrogen (secondary N) is 1. The molecule has 0 aliphatic carbocycles. The number of carbonyl (C=O) groups excluding carboxylic acids is 2. The van der Waals surface area contributed by atoms with Crippen LogP contribution in [-0.2, 0) is 14.3 Å². The molecular weight excluding hydrogens is 376 g/mol. The van der Waals surface area contributed by atoms with Crippen molar-refractivity contribution in [3.63, 3.8) is 0 Å². The Bertz CT molecular complexity index is 721. The average Bonchev–Trinajstić information content (AvgIpc) is 3.00. The molecule has 0 fully saturated rings. The van der Waals surface area contributed by atoms with Gasteiger partial charge in [0.05, 0.1) is 12.0 Å². The molecule has 2 aromatic rings. The van der Waals surface area contributed by atoms with Crippen LogP contribution in [0.4, 0.5) is 14.5 Å². The summed E-state index contributed by atoms with van der Waals surface area (Å²) in [7, 11) is 0. The Hall–Kier alpha value is -2.48. The summed E-state index contributed by atoms with van der Waals surface area (Å²) in [5, 5.41) is 2.18. The maximum absolute atomic E-state index is 13.5. The summed E-state index contributed by atoms with van der Waals surface area (Å²) in [6, 6.07) is 4.90. The maximum Gasteiger partial charge on any atom is 0.331 e. The van der Waals surface area contributed by atoms with E-state index in [0.29, 0.717) is 11.8 Å². The summed E-state index contributed by atoms with van der Waals surface area (Å²) >= 11 is 2.93. The molecule has 0 unspecified atom stereocenters. The van der Waals surface area contributed by atoms with Crippen LogP contribution in [0.25, 0.3) is 6.08 Å². The van der Waals surface area contributed by atoms with Gasteiger partial charge in [-0.15, -0.1) is 0 Å². The van der Waals surface area contributed by atoms with Crippen LogP contribution in [0.1, 0.15) is 5.76 Å². The molecule has 1 amide bonds. The van der Waals surface area contributed by atoms with Gasteiger partial charge in [-0.25, -0.2) is 13.6 Å². The second-order valence-electron chi connectivity index (χ2n) is 4.25. The normalized spacial score (nSPS) is 10.7. The van der Waals surface area contributed by atoms with Crippen LogP contribution in [0.3, 0.4) is 0 Å². The Kier molecular flexibility index (Phi) is 5.64. The number of hydrogen-bond donors (Lipinski definition) is 1. The number of rotatable bonds is 5. The van der Waals surface area contributed by atoms with Crippen molar-refractivity contribution in [2.75, 3.05) is 11.9 Å². The highest BCUT2D eigenvalue weighted by molar-refractivity contribution is 9.10. The Morgan fingerprint density at radius 2 is 2.13 bits per heavy atom. The number of benzene rings is 1. The molecular formula is C15H10BrF2NO4. The summed E-state index contributed by atoms with van der Waals surface area (Å²) in [5.41, 5.74) is -0.237. The van der Waals surface area contributed by atoms with E-state index in [9.17, 15) is 18.4 Å². The van der Waals surface area contributed by atoms with Gasteiger partial charge in [-0.1, -0.05) is 0 Å². The number of esters is 1. The van der Waals surface area contributed by atoms with Gasteiger partial charge >= 0.3 is 5.97 Å². The van der Waals surface area contributed by atoms with Gasteiger partial charge in [-0.3, -0.25) is 4.79 Å². The predicted octanol–water partition coefficient (Wildman–Crippen LogP) is 3.52. The van der Waals surface area contributed by atoms with Gasteiger partial charge in [0.1, 0.15) is 11.6 Å². The topological polar surface area (TPSA) is 68.5 Å². The third kappa shape index (κ3) is 5.03. The lowest BCUT2D eigenvalue weighted by Gasteiger charge is -2.08. The van der Waals surface area contributed by atoms with Crippen molar-refractivity contribution in [2.24, 2.45) is 0 Å². The van der Waals surface area contributed by atoms with E-state index in [-0.39, 0.29) is 10.2 Å². The zero-order chi connectivity index (χ0) is 16.8. The van der Waals surface area contributed by atoms with Crippen molar-refractivity contribution in [2.45, 2.75) is 0 Å². The highest BCUT2D eigenvalue weighted by Gasteiger charge is 2.13. The zero-order valence-electron chi connectivity index (χ0n) is 11.5. The number of carbonyl (C=O) groups is 2. The molecule has 23 heavy (non-hydrogen) atoms. The minimum atomic E-state index is -0.950. The predicted molar refractivity (Wildman–Crippen MR) is 81.4 cm³/mol. The summed E-state index contributed by atoms with van der Waals surface area (Å²) < 4.78 is 36.2. The Morgan fingerprint density at radius 1 is 1.35 bits per heavy atom. The fraction of sp³-hybridized carbons (Fsp3) is 0.0667. The Balaban J connectivity index is 1.87. The molecule has 0 spiro atoms. The van der Waals surface area contributed by atoms with Crippen LogP contribution < -0.4 is 5.32 Å². The first-order valence-electron chi connectivity index (χ1n) is 6.28. The molecule has 8 heteroatoms. The lowest BCUT2D eigenvalue weighted by atomic mass is 10.3. The molecule has 0 atom stereocenters. The van der Waals surface area contributed by atoms with Gasteiger partial charge in [-0.05, 0) is 40.2 Å². The number of halogens is 3. The van der Waals surface area contributed by atoms with Gasteiger partial charge in [0, 0.05) is 16.6 Å². The lowest BCUT2D eigenvalue weighted by Crippen LogP contribution is -2.21. The second-order valence-corrected chi connectivity index (χ2v) is 5.10. The van der Waals surface area contributed by atoms with Gasteiger partial charge in [-0.2, -0.15) is 0 Å². The molecule has 1 aromatic carbocycles. The highest BCUT2D eigenvalue weighted by Crippen LogP contribution is 2.26. The van der Waals surface area contributed by atoms with Crippen molar-refractivity contribution in [3.8, 4) is 0 Å². The number of hydrogen-bond acceptors (Lipinski definition) is 4. The van der Waals surface area contributed by atoms with Gasteiger partial charge in [0.15, 0.2) is 12.4 Å². The van der Waals surface area contributed by atoms with Crippen LogP contribution in [-0.4, -0.2) is 18.5 Å². The minimum Gasteiger partial charge on any atom is -0.465 e. The third-order valence-electron chi connectivity index (χ3n) is 2.54. The van der Waals surface area contributed by atoms with Gasteiger partial charge in [0.25, 0.3) is 5.91 Å². The molecule has 120 valence electrons. The Morgan fingerprint density at radius 3 is 2.78 bits per heavy atom. The summed E-state index contributed by atoms with van der Waals surface area (Å²) in [4.78, 5) is 23.0. The molecule has 5 nitrogen and oxygen atoms in total. The monoisotopic (exact) mass is 385 g/mol. The van der Waals surface area contributed by atoms with Crippen molar-refractivity contribution in [1.29, 1.82) is 0 Å². The van der Waals surface area contributed by atoms with Crippen LogP contribution in [0.2, 0.25) is 0 Å². The number of furan rings is 1. The number of ether oxygens (including phenoxy) is 1. The highest BCUT2D eigenvalue weighted by atomic mass is 79.9. The maximum atomic E-state index is 13.5. The van der Waals surface area contributed by atoms with E-state index < -0.39 is 30.1 Å². The number of anilines is 1. The molecule has 1 N–H and O–H groups in total. The van der Waals surface area contributed by atoms with E-state index in [0.717, 1.165) is 12.1 Å².